The summed E-state index contributed by atoms with van der Waals surface area (Å²) in [4.78, 5) is 17.1. The summed E-state index contributed by atoms with van der Waals surface area (Å²) >= 11 is 1.43. The minimum Gasteiger partial charge on any atom is -0.495 e. The summed E-state index contributed by atoms with van der Waals surface area (Å²) in [5.74, 6) is 2.10. The maximum absolute atomic E-state index is 12.9. The molecule has 0 radical (unpaired) electrons. The fraction of sp³-hybridized carbons (Fsp3) is 0.320. The van der Waals surface area contributed by atoms with Crippen LogP contribution in [0, 0.1) is 6.92 Å². The van der Waals surface area contributed by atoms with Crippen LogP contribution < -0.4 is 9.64 Å². The van der Waals surface area contributed by atoms with Gasteiger partial charge in [0.05, 0.1) is 18.6 Å². The van der Waals surface area contributed by atoms with Gasteiger partial charge in [0.15, 0.2) is 11.0 Å². The Morgan fingerprint density at radius 2 is 1.91 bits per heavy atom. The van der Waals surface area contributed by atoms with Crippen molar-refractivity contribution in [2.24, 2.45) is 0 Å². The van der Waals surface area contributed by atoms with Crippen LogP contribution in [0.4, 0.5) is 5.69 Å². The first kappa shape index (κ1) is 22.9. The van der Waals surface area contributed by atoms with Gasteiger partial charge in [-0.1, -0.05) is 53.7 Å². The Labute approximate surface area is 199 Å². The first-order valence-electron chi connectivity index (χ1n) is 11.0. The number of amides is 1. The molecule has 4 rings (SSSR count). The highest BCUT2D eigenvalue weighted by molar-refractivity contribution is 7.99. The summed E-state index contributed by atoms with van der Waals surface area (Å²) < 4.78 is 7.50. The van der Waals surface area contributed by atoms with Crippen molar-refractivity contribution in [1.82, 2.24) is 19.7 Å². The Kier molecular flexibility index (Phi) is 7.34. The van der Waals surface area contributed by atoms with Gasteiger partial charge < -0.3 is 14.5 Å². The SMILES string of the molecule is C=CCn1c(SCC(=O)N2CCN(c3ccccc3OC)CC2)nnc1-c1cccc(C)c1. The number of rotatable bonds is 8. The number of aromatic nitrogens is 3. The zero-order valence-electron chi connectivity index (χ0n) is 19.1. The van der Waals surface area contributed by atoms with E-state index in [1.165, 1.54) is 11.8 Å². The summed E-state index contributed by atoms with van der Waals surface area (Å²) in [6.07, 6.45) is 1.83. The summed E-state index contributed by atoms with van der Waals surface area (Å²) in [6, 6.07) is 16.2. The summed E-state index contributed by atoms with van der Waals surface area (Å²) in [5.41, 5.74) is 3.25. The second-order valence-electron chi connectivity index (χ2n) is 7.90. The number of allylic oxidation sites excluding steroid dienone is 1. The number of ether oxygens (including phenoxy) is 1. The van der Waals surface area contributed by atoms with Crippen LogP contribution >= 0.6 is 11.8 Å². The number of methoxy groups -OCH3 is 1. The van der Waals surface area contributed by atoms with Crippen molar-refractivity contribution in [1.29, 1.82) is 0 Å². The molecule has 0 saturated carbocycles. The van der Waals surface area contributed by atoms with E-state index in [1.54, 1.807) is 7.11 Å². The smallest absolute Gasteiger partial charge is 0.233 e. The minimum absolute atomic E-state index is 0.116. The Morgan fingerprint density at radius 3 is 2.64 bits per heavy atom. The van der Waals surface area contributed by atoms with Gasteiger partial charge in [0.2, 0.25) is 5.91 Å². The van der Waals surface area contributed by atoms with Gasteiger partial charge in [0.1, 0.15) is 5.75 Å². The highest BCUT2D eigenvalue weighted by Crippen LogP contribution is 2.29. The van der Waals surface area contributed by atoms with Crippen molar-refractivity contribution >= 4 is 23.4 Å². The molecule has 0 spiro atoms. The number of aryl methyl sites for hydroxylation is 1. The van der Waals surface area contributed by atoms with E-state index in [4.69, 9.17) is 4.74 Å². The molecule has 1 aliphatic heterocycles. The van der Waals surface area contributed by atoms with Crippen LogP contribution in [-0.2, 0) is 11.3 Å². The van der Waals surface area contributed by atoms with Gasteiger partial charge in [-0.2, -0.15) is 0 Å². The molecule has 1 saturated heterocycles. The maximum Gasteiger partial charge on any atom is 0.233 e. The van der Waals surface area contributed by atoms with Crippen LogP contribution in [0.5, 0.6) is 5.75 Å². The van der Waals surface area contributed by atoms with Crippen molar-refractivity contribution in [2.75, 3.05) is 43.9 Å². The molecule has 7 nitrogen and oxygen atoms in total. The Balaban J connectivity index is 1.38. The number of carbonyl (C=O) groups excluding carboxylic acids is 1. The number of para-hydroxylation sites is 2. The van der Waals surface area contributed by atoms with Gasteiger partial charge in [0, 0.05) is 38.3 Å². The lowest BCUT2D eigenvalue weighted by Gasteiger charge is -2.36. The molecule has 0 aliphatic carbocycles. The highest BCUT2D eigenvalue weighted by Gasteiger charge is 2.24. The number of thioether (sulfide) groups is 1. The van der Waals surface area contributed by atoms with E-state index in [2.05, 4.69) is 46.8 Å². The minimum atomic E-state index is 0.116. The average Bonchev–Trinajstić information content (AvgIpc) is 3.25. The molecule has 2 aromatic carbocycles. The van der Waals surface area contributed by atoms with Crippen LogP contribution in [0.3, 0.4) is 0 Å². The Hall–Kier alpha value is -3.26. The number of carbonyl (C=O) groups is 1. The molecule has 0 atom stereocenters. The van der Waals surface area contributed by atoms with Crippen molar-refractivity contribution in [3.8, 4) is 17.1 Å². The van der Waals surface area contributed by atoms with Gasteiger partial charge in [-0.05, 0) is 25.1 Å². The van der Waals surface area contributed by atoms with E-state index < -0.39 is 0 Å². The topological polar surface area (TPSA) is 63.5 Å². The molecule has 3 aromatic rings. The highest BCUT2D eigenvalue weighted by atomic mass is 32.2. The molecular formula is C25H29N5O2S. The molecule has 0 bridgehead atoms. The molecule has 8 heteroatoms. The molecule has 1 fully saturated rings. The number of anilines is 1. The number of piperazine rings is 1. The van der Waals surface area contributed by atoms with E-state index in [9.17, 15) is 4.79 Å². The quantitative estimate of drug-likeness (QED) is 0.373. The third-order valence-electron chi connectivity index (χ3n) is 5.69. The molecule has 0 unspecified atom stereocenters. The summed E-state index contributed by atoms with van der Waals surface area (Å²) in [6.45, 7) is 9.44. The van der Waals surface area contributed by atoms with Gasteiger partial charge in [-0.25, -0.2) is 0 Å². The number of nitrogens with zero attached hydrogens (tertiary/aromatic N) is 5. The van der Waals surface area contributed by atoms with E-state index in [-0.39, 0.29) is 5.91 Å². The lowest BCUT2D eigenvalue weighted by atomic mass is 10.1. The monoisotopic (exact) mass is 463 g/mol. The standard InChI is InChI=1S/C25H29N5O2S/c1-4-12-30-24(20-9-7-8-19(2)17-20)26-27-25(30)33-18-23(31)29-15-13-28(14-16-29)21-10-5-6-11-22(21)32-3/h4-11,17H,1,12-16,18H2,2-3H3. The lowest BCUT2D eigenvalue weighted by molar-refractivity contribution is -0.128. The maximum atomic E-state index is 12.9. The second-order valence-corrected chi connectivity index (χ2v) is 8.85. The van der Waals surface area contributed by atoms with Crippen molar-refractivity contribution in [3.05, 3.63) is 66.7 Å². The molecule has 1 aliphatic rings. The molecule has 172 valence electrons. The largest absolute Gasteiger partial charge is 0.495 e. The molecule has 33 heavy (non-hydrogen) atoms. The van der Waals surface area contributed by atoms with Gasteiger partial charge in [-0.15, -0.1) is 16.8 Å². The fourth-order valence-electron chi connectivity index (χ4n) is 3.99. The van der Waals surface area contributed by atoms with Gasteiger partial charge >= 0.3 is 0 Å². The molecule has 2 heterocycles. The Morgan fingerprint density at radius 1 is 1.12 bits per heavy atom. The van der Waals surface area contributed by atoms with E-state index in [0.717, 1.165) is 46.6 Å². The first-order chi connectivity index (χ1) is 16.1. The van der Waals surface area contributed by atoms with Crippen LogP contribution in [0.2, 0.25) is 0 Å². The number of hydrogen-bond donors (Lipinski definition) is 0. The Bertz CT molecular complexity index is 1120. The van der Waals surface area contributed by atoms with Crippen LogP contribution in [0.25, 0.3) is 11.4 Å². The molecule has 1 aromatic heterocycles. The molecule has 1 amide bonds. The fourth-order valence-corrected chi connectivity index (χ4v) is 4.84. The first-order valence-corrected chi connectivity index (χ1v) is 12.0. The zero-order chi connectivity index (χ0) is 23.2. The third kappa shape index (κ3) is 5.22. The predicted molar refractivity (Wildman–Crippen MR) is 133 cm³/mol. The summed E-state index contributed by atoms with van der Waals surface area (Å²) in [5, 5.41) is 9.49. The normalized spacial score (nSPS) is 13.8. The van der Waals surface area contributed by atoms with Crippen LogP contribution in [-0.4, -0.2) is 64.6 Å². The van der Waals surface area contributed by atoms with Crippen molar-refractivity contribution in [2.45, 2.75) is 18.6 Å². The average molecular weight is 464 g/mol. The van der Waals surface area contributed by atoms with Crippen molar-refractivity contribution in [3.63, 3.8) is 0 Å². The predicted octanol–water partition coefficient (Wildman–Crippen LogP) is 3.89. The number of benzene rings is 2. The number of hydrogen-bond acceptors (Lipinski definition) is 6. The van der Waals surface area contributed by atoms with Gasteiger partial charge in [0.25, 0.3) is 0 Å². The summed E-state index contributed by atoms with van der Waals surface area (Å²) in [7, 11) is 1.69. The van der Waals surface area contributed by atoms with E-state index in [1.807, 2.05) is 45.9 Å². The van der Waals surface area contributed by atoms with E-state index in [0.29, 0.717) is 25.4 Å². The van der Waals surface area contributed by atoms with E-state index >= 15 is 0 Å². The van der Waals surface area contributed by atoms with Crippen LogP contribution in [0.15, 0.2) is 66.3 Å². The van der Waals surface area contributed by atoms with Gasteiger partial charge in [-0.3, -0.25) is 9.36 Å². The second kappa shape index (κ2) is 10.6. The zero-order valence-corrected chi connectivity index (χ0v) is 19.9. The molecule has 0 N–H and O–H groups in total. The van der Waals surface area contributed by atoms with Crippen LogP contribution in [0.1, 0.15) is 5.56 Å². The lowest BCUT2D eigenvalue weighted by Crippen LogP contribution is -2.49. The molecular weight excluding hydrogens is 434 g/mol. The van der Waals surface area contributed by atoms with Crippen molar-refractivity contribution < 1.29 is 9.53 Å². The third-order valence-corrected chi connectivity index (χ3v) is 6.64.